The number of benzene rings is 1. The van der Waals surface area contributed by atoms with Crippen molar-refractivity contribution < 1.29 is 8.42 Å². The number of nitrogens with one attached hydrogen (secondary N) is 2. The molecular formula is C15H26N2O2S. The average Bonchev–Trinajstić information content (AvgIpc) is 2.37. The van der Waals surface area contributed by atoms with Crippen LogP contribution in [0.25, 0.3) is 0 Å². The van der Waals surface area contributed by atoms with Crippen LogP contribution < -0.4 is 10.0 Å². The van der Waals surface area contributed by atoms with Crippen molar-refractivity contribution in [3.63, 3.8) is 0 Å². The fourth-order valence-electron chi connectivity index (χ4n) is 1.92. The smallest absolute Gasteiger partial charge is 0.240 e. The first-order valence-electron chi connectivity index (χ1n) is 7.11. The first-order valence-corrected chi connectivity index (χ1v) is 8.59. The summed E-state index contributed by atoms with van der Waals surface area (Å²) in [6.45, 7) is 11.0. The molecule has 0 heterocycles. The summed E-state index contributed by atoms with van der Waals surface area (Å²) >= 11 is 0. The van der Waals surface area contributed by atoms with E-state index in [2.05, 4.69) is 23.9 Å². The van der Waals surface area contributed by atoms with E-state index in [1.807, 2.05) is 26.8 Å². The van der Waals surface area contributed by atoms with E-state index in [4.69, 9.17) is 0 Å². The number of aryl methyl sites for hydroxylation is 1. The van der Waals surface area contributed by atoms with E-state index in [9.17, 15) is 8.42 Å². The van der Waals surface area contributed by atoms with Crippen LogP contribution in [-0.2, 0) is 16.6 Å². The zero-order chi connectivity index (χ0) is 15.3. The summed E-state index contributed by atoms with van der Waals surface area (Å²) in [6, 6.07) is 4.19. The second-order valence-corrected chi connectivity index (χ2v) is 7.20. The van der Waals surface area contributed by atoms with Gasteiger partial charge in [0, 0.05) is 19.1 Å². The molecule has 114 valence electrons. The second kappa shape index (κ2) is 7.20. The maximum absolute atomic E-state index is 12.3. The summed E-state index contributed by atoms with van der Waals surface area (Å²) in [6.07, 6.45) is 0.784. The van der Waals surface area contributed by atoms with Crippen molar-refractivity contribution in [2.45, 2.75) is 58.5 Å². The van der Waals surface area contributed by atoms with Gasteiger partial charge in [0.25, 0.3) is 0 Å². The minimum atomic E-state index is -3.41. The molecule has 0 unspecified atom stereocenters. The molecule has 0 saturated heterocycles. The van der Waals surface area contributed by atoms with Crippen molar-refractivity contribution >= 4 is 10.0 Å². The van der Waals surface area contributed by atoms with E-state index in [0.717, 1.165) is 23.1 Å². The molecule has 0 aliphatic carbocycles. The highest BCUT2D eigenvalue weighted by molar-refractivity contribution is 7.89. The Kier molecular flexibility index (Phi) is 6.17. The van der Waals surface area contributed by atoms with Crippen LogP contribution in [0.5, 0.6) is 0 Å². The Hall–Kier alpha value is -0.910. The Balaban J connectivity index is 3.12. The number of hydrogen-bond acceptors (Lipinski definition) is 3. The van der Waals surface area contributed by atoms with Crippen LogP contribution in [0.2, 0.25) is 0 Å². The quantitative estimate of drug-likeness (QED) is 0.813. The van der Waals surface area contributed by atoms with Gasteiger partial charge in [0.2, 0.25) is 10.0 Å². The second-order valence-electron chi connectivity index (χ2n) is 5.47. The lowest BCUT2D eigenvalue weighted by Crippen LogP contribution is -2.26. The molecular weight excluding hydrogens is 272 g/mol. The fourth-order valence-corrected chi connectivity index (χ4v) is 3.42. The maximum atomic E-state index is 12.3. The van der Waals surface area contributed by atoms with Crippen LogP contribution in [0.3, 0.4) is 0 Å². The van der Waals surface area contributed by atoms with Crippen molar-refractivity contribution in [2.75, 3.05) is 6.54 Å². The first kappa shape index (κ1) is 17.1. The standard InChI is InChI=1S/C15H26N2O2S/c1-6-7-17-20(18,19)15-9-14(10-16-11(2)3)8-12(4)13(15)5/h8-9,11,16-17H,6-7,10H2,1-5H3. The molecule has 0 radical (unpaired) electrons. The monoisotopic (exact) mass is 298 g/mol. The minimum Gasteiger partial charge on any atom is -0.310 e. The molecule has 0 fully saturated rings. The lowest BCUT2D eigenvalue weighted by Gasteiger charge is -2.15. The summed E-state index contributed by atoms with van der Waals surface area (Å²) < 4.78 is 27.3. The summed E-state index contributed by atoms with van der Waals surface area (Å²) in [5.41, 5.74) is 2.82. The third-order valence-corrected chi connectivity index (χ3v) is 4.81. The SMILES string of the molecule is CCCNS(=O)(=O)c1cc(CNC(C)C)cc(C)c1C. The van der Waals surface area contributed by atoms with Crippen molar-refractivity contribution in [1.29, 1.82) is 0 Å². The molecule has 1 rings (SSSR count). The van der Waals surface area contributed by atoms with Crippen LogP contribution in [0, 0.1) is 13.8 Å². The molecule has 1 aromatic rings. The van der Waals surface area contributed by atoms with Gasteiger partial charge in [-0.15, -0.1) is 0 Å². The molecule has 0 bridgehead atoms. The molecule has 4 nitrogen and oxygen atoms in total. The molecule has 0 amide bonds. The predicted molar refractivity (Wildman–Crippen MR) is 83.4 cm³/mol. The molecule has 5 heteroatoms. The van der Waals surface area contributed by atoms with Gasteiger partial charge in [-0.05, 0) is 43.0 Å². The van der Waals surface area contributed by atoms with Gasteiger partial charge in [-0.1, -0.05) is 26.8 Å². The van der Waals surface area contributed by atoms with Gasteiger partial charge in [0.05, 0.1) is 4.90 Å². The van der Waals surface area contributed by atoms with E-state index in [0.29, 0.717) is 24.0 Å². The largest absolute Gasteiger partial charge is 0.310 e. The molecule has 0 spiro atoms. The van der Waals surface area contributed by atoms with Crippen LogP contribution in [0.15, 0.2) is 17.0 Å². The van der Waals surface area contributed by atoms with Gasteiger partial charge in [-0.3, -0.25) is 0 Å². The van der Waals surface area contributed by atoms with E-state index in [1.165, 1.54) is 0 Å². The topological polar surface area (TPSA) is 58.2 Å². The summed E-state index contributed by atoms with van der Waals surface area (Å²) in [5, 5.41) is 3.32. The Morgan fingerprint density at radius 3 is 2.40 bits per heavy atom. The van der Waals surface area contributed by atoms with E-state index < -0.39 is 10.0 Å². The van der Waals surface area contributed by atoms with Gasteiger partial charge in [-0.2, -0.15) is 0 Å². The molecule has 0 aliphatic rings. The van der Waals surface area contributed by atoms with Crippen LogP contribution >= 0.6 is 0 Å². The third-order valence-electron chi connectivity index (χ3n) is 3.23. The highest BCUT2D eigenvalue weighted by Crippen LogP contribution is 2.21. The minimum absolute atomic E-state index is 0.370. The molecule has 2 N–H and O–H groups in total. The highest BCUT2D eigenvalue weighted by atomic mass is 32.2. The highest BCUT2D eigenvalue weighted by Gasteiger charge is 2.18. The Labute approximate surface area is 123 Å². The van der Waals surface area contributed by atoms with Gasteiger partial charge in [-0.25, -0.2) is 13.1 Å². The maximum Gasteiger partial charge on any atom is 0.240 e. The zero-order valence-corrected chi connectivity index (χ0v) is 13.9. The van der Waals surface area contributed by atoms with E-state index in [1.54, 1.807) is 6.07 Å². The van der Waals surface area contributed by atoms with Crippen LogP contribution in [0.1, 0.15) is 43.9 Å². The summed E-state index contributed by atoms with van der Waals surface area (Å²) in [5.74, 6) is 0. The van der Waals surface area contributed by atoms with Gasteiger partial charge >= 0.3 is 0 Å². The van der Waals surface area contributed by atoms with Crippen LogP contribution in [-0.4, -0.2) is 21.0 Å². The van der Waals surface area contributed by atoms with Gasteiger partial charge in [0.15, 0.2) is 0 Å². The number of rotatable bonds is 7. The first-order chi connectivity index (χ1) is 9.27. The van der Waals surface area contributed by atoms with Crippen LogP contribution in [0.4, 0.5) is 0 Å². The summed E-state index contributed by atoms with van der Waals surface area (Å²) in [7, 11) is -3.41. The fraction of sp³-hybridized carbons (Fsp3) is 0.600. The Morgan fingerprint density at radius 2 is 1.85 bits per heavy atom. The molecule has 0 saturated carbocycles. The van der Waals surface area contributed by atoms with Crippen molar-refractivity contribution in [3.8, 4) is 0 Å². The number of sulfonamides is 1. The molecule has 0 aliphatic heterocycles. The lowest BCUT2D eigenvalue weighted by atomic mass is 10.1. The van der Waals surface area contributed by atoms with Gasteiger partial charge in [0.1, 0.15) is 0 Å². The van der Waals surface area contributed by atoms with Crippen molar-refractivity contribution in [2.24, 2.45) is 0 Å². The Bertz CT molecular complexity index is 551. The van der Waals surface area contributed by atoms with Crippen molar-refractivity contribution in [3.05, 3.63) is 28.8 Å². The molecule has 0 atom stereocenters. The van der Waals surface area contributed by atoms with Gasteiger partial charge < -0.3 is 5.32 Å². The predicted octanol–water partition coefficient (Wildman–Crippen LogP) is 2.49. The van der Waals surface area contributed by atoms with E-state index in [-0.39, 0.29) is 0 Å². The molecule has 20 heavy (non-hydrogen) atoms. The third kappa shape index (κ3) is 4.58. The number of hydrogen-bond donors (Lipinski definition) is 2. The molecule has 1 aromatic carbocycles. The van der Waals surface area contributed by atoms with E-state index >= 15 is 0 Å². The lowest BCUT2D eigenvalue weighted by molar-refractivity contribution is 0.577. The Morgan fingerprint density at radius 1 is 1.20 bits per heavy atom. The normalized spacial score (nSPS) is 12.1. The van der Waals surface area contributed by atoms with Crippen molar-refractivity contribution in [1.82, 2.24) is 10.0 Å². The summed E-state index contributed by atoms with van der Waals surface area (Å²) in [4.78, 5) is 0.395. The average molecular weight is 298 g/mol. The molecule has 0 aromatic heterocycles. The zero-order valence-electron chi connectivity index (χ0n) is 13.1.